The summed E-state index contributed by atoms with van der Waals surface area (Å²) < 4.78 is 0. The van der Waals surface area contributed by atoms with Crippen LogP contribution in [0.15, 0.2) is 0 Å². The van der Waals surface area contributed by atoms with Gasteiger partial charge < -0.3 is 10.8 Å². The SMILES string of the molecule is NCC(=O)C1CCC(O)CC1. The van der Waals surface area contributed by atoms with E-state index in [2.05, 4.69) is 0 Å². The molecule has 0 spiro atoms. The molecule has 1 aliphatic carbocycles. The standard InChI is InChI=1S/C8H15NO2/c9-5-8(11)6-1-3-7(10)4-2-6/h6-7,10H,1-5,9H2. The lowest BCUT2D eigenvalue weighted by Gasteiger charge is -2.23. The maximum absolute atomic E-state index is 11.1. The van der Waals surface area contributed by atoms with Crippen molar-refractivity contribution in [1.82, 2.24) is 0 Å². The number of carbonyl (C=O) groups is 1. The largest absolute Gasteiger partial charge is 0.393 e. The second-order valence-electron chi connectivity index (χ2n) is 3.18. The first kappa shape index (κ1) is 8.68. The maximum atomic E-state index is 11.1. The minimum Gasteiger partial charge on any atom is -0.393 e. The fourth-order valence-electron chi connectivity index (χ4n) is 1.56. The van der Waals surface area contributed by atoms with Crippen LogP contribution in [0.25, 0.3) is 0 Å². The van der Waals surface area contributed by atoms with Gasteiger partial charge in [0.25, 0.3) is 0 Å². The minimum absolute atomic E-state index is 0.128. The second kappa shape index (κ2) is 3.83. The van der Waals surface area contributed by atoms with Gasteiger partial charge >= 0.3 is 0 Å². The summed E-state index contributed by atoms with van der Waals surface area (Å²) in [6.45, 7) is 0.154. The van der Waals surface area contributed by atoms with E-state index in [1.54, 1.807) is 0 Å². The Morgan fingerprint density at radius 2 is 1.91 bits per heavy atom. The van der Waals surface area contributed by atoms with Crippen LogP contribution in [0, 0.1) is 5.92 Å². The average Bonchev–Trinajstić information content (AvgIpc) is 2.05. The summed E-state index contributed by atoms with van der Waals surface area (Å²) in [6.07, 6.45) is 2.97. The quantitative estimate of drug-likeness (QED) is 0.596. The molecule has 1 aliphatic rings. The van der Waals surface area contributed by atoms with Gasteiger partial charge in [0.05, 0.1) is 12.6 Å². The Morgan fingerprint density at radius 3 is 2.36 bits per heavy atom. The van der Waals surface area contributed by atoms with Crippen molar-refractivity contribution in [3.8, 4) is 0 Å². The van der Waals surface area contributed by atoms with Gasteiger partial charge in [0, 0.05) is 5.92 Å². The van der Waals surface area contributed by atoms with E-state index in [0.717, 1.165) is 25.7 Å². The molecule has 0 aliphatic heterocycles. The highest BCUT2D eigenvalue weighted by atomic mass is 16.3. The van der Waals surface area contributed by atoms with Gasteiger partial charge in [-0.15, -0.1) is 0 Å². The van der Waals surface area contributed by atoms with Crippen molar-refractivity contribution in [2.75, 3.05) is 6.54 Å². The summed E-state index contributed by atoms with van der Waals surface area (Å²) in [7, 11) is 0. The summed E-state index contributed by atoms with van der Waals surface area (Å²) in [5.74, 6) is 0.278. The molecule has 1 fully saturated rings. The highest BCUT2D eigenvalue weighted by molar-refractivity contribution is 5.82. The van der Waals surface area contributed by atoms with Crippen molar-refractivity contribution >= 4 is 5.78 Å². The zero-order chi connectivity index (χ0) is 8.27. The molecule has 0 atom stereocenters. The third-order valence-corrected chi connectivity index (χ3v) is 2.35. The third-order valence-electron chi connectivity index (χ3n) is 2.35. The molecule has 1 saturated carbocycles. The van der Waals surface area contributed by atoms with Crippen LogP contribution in [0.3, 0.4) is 0 Å². The molecule has 1 rings (SSSR count). The van der Waals surface area contributed by atoms with Gasteiger partial charge in [0.1, 0.15) is 5.78 Å². The predicted octanol–water partition coefficient (Wildman–Crippen LogP) is 0.0653. The van der Waals surface area contributed by atoms with Crippen molar-refractivity contribution in [3.63, 3.8) is 0 Å². The van der Waals surface area contributed by atoms with Crippen molar-refractivity contribution < 1.29 is 9.90 Å². The number of aliphatic hydroxyl groups is 1. The van der Waals surface area contributed by atoms with E-state index >= 15 is 0 Å². The smallest absolute Gasteiger partial charge is 0.149 e. The van der Waals surface area contributed by atoms with E-state index < -0.39 is 0 Å². The summed E-state index contributed by atoms with van der Waals surface area (Å²) >= 11 is 0. The van der Waals surface area contributed by atoms with E-state index in [1.807, 2.05) is 0 Å². The number of aliphatic hydroxyl groups excluding tert-OH is 1. The number of Topliss-reactive ketones (excluding diaryl/α,β-unsaturated/α-hetero) is 1. The number of hydrogen-bond acceptors (Lipinski definition) is 3. The van der Waals surface area contributed by atoms with Crippen molar-refractivity contribution in [1.29, 1.82) is 0 Å². The van der Waals surface area contributed by atoms with Gasteiger partial charge in [-0.2, -0.15) is 0 Å². The number of rotatable bonds is 2. The first-order valence-electron chi connectivity index (χ1n) is 4.15. The lowest BCUT2D eigenvalue weighted by atomic mass is 9.85. The van der Waals surface area contributed by atoms with Gasteiger partial charge in [-0.3, -0.25) is 4.79 Å². The van der Waals surface area contributed by atoms with E-state index in [4.69, 9.17) is 10.8 Å². The third kappa shape index (κ3) is 2.27. The van der Waals surface area contributed by atoms with Crippen LogP contribution in [-0.4, -0.2) is 23.5 Å². The van der Waals surface area contributed by atoms with Crippen LogP contribution in [0.1, 0.15) is 25.7 Å². The van der Waals surface area contributed by atoms with Crippen LogP contribution in [0.2, 0.25) is 0 Å². The topological polar surface area (TPSA) is 63.3 Å². The molecule has 0 heterocycles. The molecule has 3 heteroatoms. The molecule has 64 valence electrons. The van der Waals surface area contributed by atoms with Gasteiger partial charge in [0.15, 0.2) is 0 Å². The van der Waals surface area contributed by atoms with Gasteiger partial charge in [-0.05, 0) is 25.7 Å². The summed E-state index contributed by atoms with van der Waals surface area (Å²) in [5.41, 5.74) is 5.23. The normalized spacial score (nSPS) is 31.8. The second-order valence-corrected chi connectivity index (χ2v) is 3.18. The highest BCUT2D eigenvalue weighted by Gasteiger charge is 2.23. The van der Waals surface area contributed by atoms with Crippen LogP contribution in [0.4, 0.5) is 0 Å². The molecule has 0 saturated heterocycles. The minimum atomic E-state index is -0.183. The fraction of sp³-hybridized carbons (Fsp3) is 0.875. The molecular formula is C8H15NO2. The molecule has 0 radical (unpaired) electrons. The van der Waals surface area contributed by atoms with Crippen molar-refractivity contribution in [2.45, 2.75) is 31.8 Å². The fourth-order valence-corrected chi connectivity index (χ4v) is 1.56. The van der Waals surface area contributed by atoms with Crippen LogP contribution in [0.5, 0.6) is 0 Å². The molecule has 3 nitrogen and oxygen atoms in total. The van der Waals surface area contributed by atoms with Gasteiger partial charge in [0.2, 0.25) is 0 Å². The predicted molar refractivity (Wildman–Crippen MR) is 42.0 cm³/mol. The Kier molecular flexibility index (Phi) is 3.02. The zero-order valence-corrected chi connectivity index (χ0v) is 6.62. The van der Waals surface area contributed by atoms with Gasteiger partial charge in [-0.1, -0.05) is 0 Å². The molecule has 0 unspecified atom stereocenters. The molecule has 0 aromatic carbocycles. The molecule has 0 amide bonds. The molecule has 0 bridgehead atoms. The lowest BCUT2D eigenvalue weighted by molar-refractivity contribution is -0.123. The van der Waals surface area contributed by atoms with Crippen LogP contribution < -0.4 is 5.73 Å². The number of nitrogens with two attached hydrogens (primary N) is 1. The number of carbonyl (C=O) groups excluding carboxylic acids is 1. The molecule has 0 aromatic rings. The van der Waals surface area contributed by atoms with Gasteiger partial charge in [-0.25, -0.2) is 0 Å². The Bertz CT molecular complexity index is 139. The van der Waals surface area contributed by atoms with E-state index in [-0.39, 0.29) is 24.3 Å². The van der Waals surface area contributed by atoms with Crippen LogP contribution >= 0.6 is 0 Å². The summed E-state index contributed by atoms with van der Waals surface area (Å²) in [5, 5.41) is 9.14. The monoisotopic (exact) mass is 157 g/mol. The lowest BCUT2D eigenvalue weighted by Crippen LogP contribution is -2.28. The molecular weight excluding hydrogens is 142 g/mol. The Balaban J connectivity index is 2.33. The van der Waals surface area contributed by atoms with E-state index in [0.29, 0.717) is 0 Å². The maximum Gasteiger partial charge on any atom is 0.149 e. The Hall–Kier alpha value is -0.410. The first-order chi connectivity index (χ1) is 5.24. The van der Waals surface area contributed by atoms with Crippen molar-refractivity contribution in [3.05, 3.63) is 0 Å². The van der Waals surface area contributed by atoms with E-state index in [9.17, 15) is 4.79 Å². The summed E-state index contributed by atoms with van der Waals surface area (Å²) in [4.78, 5) is 11.1. The van der Waals surface area contributed by atoms with Crippen LogP contribution in [-0.2, 0) is 4.79 Å². The molecule has 3 N–H and O–H groups in total. The molecule has 11 heavy (non-hydrogen) atoms. The first-order valence-corrected chi connectivity index (χ1v) is 4.15. The zero-order valence-electron chi connectivity index (χ0n) is 6.62. The summed E-state index contributed by atoms with van der Waals surface area (Å²) in [6, 6.07) is 0. The molecule has 0 aromatic heterocycles. The Labute approximate surface area is 66.6 Å². The average molecular weight is 157 g/mol. The number of ketones is 1. The highest BCUT2D eigenvalue weighted by Crippen LogP contribution is 2.24. The van der Waals surface area contributed by atoms with E-state index in [1.165, 1.54) is 0 Å². The van der Waals surface area contributed by atoms with Crippen molar-refractivity contribution in [2.24, 2.45) is 11.7 Å². The number of hydrogen-bond donors (Lipinski definition) is 2. The Morgan fingerprint density at radius 1 is 1.36 bits per heavy atom.